The van der Waals surface area contributed by atoms with Crippen LogP contribution < -0.4 is 15.2 Å². The first kappa shape index (κ1) is 20.8. The smallest absolute Gasteiger partial charge is 0.255 e. The molecule has 0 spiro atoms. The Balaban J connectivity index is 1.48. The van der Waals surface area contributed by atoms with Crippen LogP contribution in [0.5, 0.6) is 5.75 Å². The first-order valence-electron chi connectivity index (χ1n) is 10.2. The maximum atomic E-state index is 13.0. The highest BCUT2D eigenvalue weighted by Crippen LogP contribution is 2.35. The van der Waals surface area contributed by atoms with E-state index in [1.165, 1.54) is 17.7 Å². The summed E-state index contributed by atoms with van der Waals surface area (Å²) in [7, 11) is -3.92. The third kappa shape index (κ3) is 4.50. The molecule has 0 radical (unpaired) electrons. The zero-order valence-corrected chi connectivity index (χ0v) is 17.8. The minimum atomic E-state index is -3.92. The van der Waals surface area contributed by atoms with Crippen LogP contribution in [0.1, 0.15) is 41.3 Å². The number of rotatable bonds is 6. The van der Waals surface area contributed by atoms with E-state index in [4.69, 9.17) is 9.88 Å². The maximum Gasteiger partial charge on any atom is 0.255 e. The van der Waals surface area contributed by atoms with Crippen LogP contribution in [0.2, 0.25) is 0 Å². The number of nitrogens with two attached hydrogens (primary N) is 1. The minimum Gasteiger partial charge on any atom is -0.489 e. The standard InChI is InChI=1S/C22H27N3O4S/c1-15-10-17-11-19(30(23,27)28)12-20(21(17)29-15)22(26)24-13-18-8-5-9-25(18)14-16-6-3-2-4-7-16/h2-4,6-7,11-12,15,18H,5,8-10,13-14H2,1H3,(H,24,26)(H2,23,27,28). The zero-order chi connectivity index (χ0) is 21.3. The number of ether oxygens (including phenoxy) is 1. The van der Waals surface area contributed by atoms with Crippen molar-refractivity contribution in [2.45, 2.75) is 49.8 Å². The number of nitrogens with zero attached hydrogens (tertiary/aromatic N) is 1. The van der Waals surface area contributed by atoms with E-state index >= 15 is 0 Å². The summed E-state index contributed by atoms with van der Waals surface area (Å²) in [5, 5.41) is 8.30. The van der Waals surface area contributed by atoms with Gasteiger partial charge >= 0.3 is 0 Å². The Labute approximate surface area is 177 Å². The third-order valence-electron chi connectivity index (χ3n) is 5.76. The molecule has 2 aromatic carbocycles. The van der Waals surface area contributed by atoms with E-state index in [9.17, 15) is 13.2 Å². The molecular weight excluding hydrogens is 402 g/mol. The maximum absolute atomic E-state index is 13.0. The Bertz CT molecular complexity index is 1040. The molecule has 2 heterocycles. The van der Waals surface area contributed by atoms with Crippen LogP contribution in [0.4, 0.5) is 0 Å². The van der Waals surface area contributed by atoms with Crippen LogP contribution in [0.3, 0.4) is 0 Å². The van der Waals surface area contributed by atoms with E-state index in [1.54, 1.807) is 0 Å². The molecule has 2 atom stereocenters. The number of hydrogen-bond donors (Lipinski definition) is 2. The Morgan fingerprint density at radius 3 is 2.77 bits per heavy atom. The highest BCUT2D eigenvalue weighted by Gasteiger charge is 2.30. The van der Waals surface area contributed by atoms with Gasteiger partial charge in [0.25, 0.3) is 5.91 Å². The topological polar surface area (TPSA) is 102 Å². The second kappa shape index (κ2) is 8.37. The van der Waals surface area contributed by atoms with Crippen LogP contribution in [-0.4, -0.2) is 44.5 Å². The lowest BCUT2D eigenvalue weighted by molar-refractivity contribution is 0.0935. The van der Waals surface area contributed by atoms with Crippen molar-refractivity contribution in [2.75, 3.05) is 13.1 Å². The molecule has 0 aliphatic carbocycles. The number of likely N-dealkylation sites (tertiary alicyclic amines) is 1. The molecule has 1 fully saturated rings. The van der Waals surface area contributed by atoms with E-state index in [1.807, 2.05) is 25.1 Å². The molecular formula is C22H27N3O4S. The van der Waals surface area contributed by atoms with E-state index in [0.29, 0.717) is 24.3 Å². The Kier molecular flexibility index (Phi) is 5.81. The van der Waals surface area contributed by atoms with Crippen LogP contribution in [0.15, 0.2) is 47.4 Å². The fourth-order valence-corrected chi connectivity index (χ4v) is 4.88. The van der Waals surface area contributed by atoms with Crippen LogP contribution >= 0.6 is 0 Å². The highest BCUT2D eigenvalue weighted by molar-refractivity contribution is 7.89. The molecule has 2 aromatic rings. The van der Waals surface area contributed by atoms with Gasteiger partial charge < -0.3 is 10.1 Å². The predicted molar refractivity (Wildman–Crippen MR) is 114 cm³/mol. The zero-order valence-electron chi connectivity index (χ0n) is 17.0. The number of primary sulfonamides is 1. The summed E-state index contributed by atoms with van der Waals surface area (Å²) in [5.41, 5.74) is 2.18. The number of benzene rings is 2. The Morgan fingerprint density at radius 2 is 2.03 bits per heavy atom. The lowest BCUT2D eigenvalue weighted by atomic mass is 10.1. The lowest BCUT2D eigenvalue weighted by Gasteiger charge is -2.25. The van der Waals surface area contributed by atoms with Gasteiger partial charge in [0.1, 0.15) is 11.9 Å². The van der Waals surface area contributed by atoms with Crippen LogP contribution in [0.25, 0.3) is 0 Å². The van der Waals surface area contributed by atoms with Crippen molar-refractivity contribution in [3.05, 3.63) is 59.2 Å². The van der Waals surface area contributed by atoms with Gasteiger partial charge in [-0.15, -0.1) is 0 Å². The number of amides is 1. The number of carbonyl (C=O) groups is 1. The minimum absolute atomic E-state index is 0.0596. The summed E-state index contributed by atoms with van der Waals surface area (Å²) >= 11 is 0. The molecule has 1 amide bonds. The fourth-order valence-electron chi connectivity index (χ4n) is 4.29. The van der Waals surface area contributed by atoms with Gasteiger partial charge in [-0.2, -0.15) is 0 Å². The average molecular weight is 430 g/mol. The predicted octanol–water partition coefficient (Wildman–Crippen LogP) is 2.05. The number of sulfonamides is 1. The van der Waals surface area contributed by atoms with E-state index in [0.717, 1.165) is 25.9 Å². The molecule has 7 nitrogen and oxygen atoms in total. The average Bonchev–Trinajstić information content (AvgIpc) is 3.30. The summed E-state index contributed by atoms with van der Waals surface area (Å²) in [6.45, 7) is 4.22. The molecule has 0 aromatic heterocycles. The molecule has 30 heavy (non-hydrogen) atoms. The molecule has 3 N–H and O–H groups in total. The highest BCUT2D eigenvalue weighted by atomic mass is 32.2. The van der Waals surface area contributed by atoms with Gasteiger partial charge in [-0.3, -0.25) is 9.69 Å². The summed E-state index contributed by atoms with van der Waals surface area (Å²) in [4.78, 5) is 15.3. The van der Waals surface area contributed by atoms with Crippen molar-refractivity contribution >= 4 is 15.9 Å². The molecule has 2 aliphatic heterocycles. The van der Waals surface area contributed by atoms with E-state index in [2.05, 4.69) is 22.3 Å². The molecule has 1 saturated heterocycles. The summed E-state index contributed by atoms with van der Waals surface area (Å²) in [6, 6.07) is 13.3. The van der Waals surface area contributed by atoms with E-state index in [-0.39, 0.29) is 28.5 Å². The summed E-state index contributed by atoms with van der Waals surface area (Å²) in [6.07, 6.45) is 2.53. The monoisotopic (exact) mass is 429 g/mol. The summed E-state index contributed by atoms with van der Waals surface area (Å²) in [5.74, 6) is 0.123. The molecule has 4 rings (SSSR count). The van der Waals surface area contributed by atoms with Crippen molar-refractivity contribution in [2.24, 2.45) is 5.14 Å². The van der Waals surface area contributed by atoms with Crippen molar-refractivity contribution in [1.82, 2.24) is 10.2 Å². The largest absolute Gasteiger partial charge is 0.489 e. The second-order valence-corrected chi connectivity index (χ2v) is 9.66. The quantitative estimate of drug-likeness (QED) is 0.732. The van der Waals surface area contributed by atoms with Crippen molar-refractivity contribution in [3.8, 4) is 5.75 Å². The lowest BCUT2D eigenvalue weighted by Crippen LogP contribution is -2.40. The van der Waals surface area contributed by atoms with Crippen molar-refractivity contribution in [3.63, 3.8) is 0 Å². The number of fused-ring (bicyclic) bond motifs is 1. The molecule has 160 valence electrons. The molecule has 2 aliphatic rings. The normalized spacial score (nSPS) is 21.3. The van der Waals surface area contributed by atoms with Crippen LogP contribution in [-0.2, 0) is 23.0 Å². The molecule has 0 bridgehead atoms. The van der Waals surface area contributed by atoms with Gasteiger partial charge in [-0.25, -0.2) is 13.6 Å². The first-order chi connectivity index (χ1) is 14.3. The molecule has 8 heteroatoms. The van der Waals surface area contributed by atoms with Gasteiger partial charge in [0.2, 0.25) is 10.0 Å². The summed E-state index contributed by atoms with van der Waals surface area (Å²) < 4.78 is 29.5. The third-order valence-corrected chi connectivity index (χ3v) is 6.66. The van der Waals surface area contributed by atoms with Gasteiger partial charge in [-0.05, 0) is 49.6 Å². The number of nitrogens with one attached hydrogen (secondary N) is 1. The van der Waals surface area contributed by atoms with Gasteiger partial charge in [0.15, 0.2) is 0 Å². The van der Waals surface area contributed by atoms with Gasteiger partial charge in [-0.1, -0.05) is 30.3 Å². The van der Waals surface area contributed by atoms with Crippen molar-refractivity contribution in [1.29, 1.82) is 0 Å². The number of carbonyl (C=O) groups excluding carboxylic acids is 1. The van der Waals surface area contributed by atoms with E-state index < -0.39 is 10.0 Å². The van der Waals surface area contributed by atoms with Gasteiger partial charge in [0, 0.05) is 25.6 Å². The first-order valence-corrected chi connectivity index (χ1v) is 11.8. The van der Waals surface area contributed by atoms with Gasteiger partial charge in [0.05, 0.1) is 10.5 Å². The Hall–Kier alpha value is -2.42. The molecule has 0 saturated carbocycles. The van der Waals surface area contributed by atoms with Crippen LogP contribution in [0, 0.1) is 0 Å². The fraction of sp³-hybridized carbons (Fsp3) is 0.409. The SMILES string of the molecule is CC1Cc2cc(S(N)(=O)=O)cc(C(=O)NCC3CCCN3Cc3ccccc3)c2O1. The molecule has 2 unspecified atom stereocenters. The Morgan fingerprint density at radius 1 is 1.27 bits per heavy atom. The van der Waals surface area contributed by atoms with Crippen molar-refractivity contribution < 1.29 is 17.9 Å². The number of hydrogen-bond acceptors (Lipinski definition) is 5. The second-order valence-electron chi connectivity index (χ2n) is 8.10.